The summed E-state index contributed by atoms with van der Waals surface area (Å²) in [4.78, 5) is 16.9. The van der Waals surface area contributed by atoms with Crippen molar-refractivity contribution in [2.24, 2.45) is 0 Å². The third kappa shape index (κ3) is 4.38. The lowest BCUT2D eigenvalue weighted by Crippen LogP contribution is -2.29. The fourth-order valence-corrected chi connectivity index (χ4v) is 3.74. The van der Waals surface area contributed by atoms with Crippen molar-refractivity contribution in [3.05, 3.63) is 81.2 Å². The van der Waals surface area contributed by atoms with Crippen LogP contribution in [0.2, 0.25) is 10.0 Å². The van der Waals surface area contributed by atoms with Crippen LogP contribution < -0.4 is 10.1 Å². The van der Waals surface area contributed by atoms with Crippen molar-refractivity contribution in [3.63, 3.8) is 0 Å². The molecule has 1 aliphatic heterocycles. The molecule has 1 atom stereocenters. The zero-order valence-corrected chi connectivity index (χ0v) is 18.4. The summed E-state index contributed by atoms with van der Waals surface area (Å²) < 4.78 is 12.8. The summed E-state index contributed by atoms with van der Waals surface area (Å²) in [6.45, 7) is 4.24. The molecule has 0 fully saturated rings. The van der Waals surface area contributed by atoms with Gasteiger partial charge in [0.15, 0.2) is 0 Å². The maximum Gasteiger partial charge on any atom is 0.338 e. The molecule has 160 valence electrons. The van der Waals surface area contributed by atoms with E-state index in [0.29, 0.717) is 39.6 Å². The molecule has 7 nitrogen and oxygen atoms in total. The number of nitrogens with zero attached hydrogens (tertiary/aromatic N) is 3. The van der Waals surface area contributed by atoms with Crippen LogP contribution in [0.25, 0.3) is 0 Å². The number of allylic oxidation sites excluding steroid dienone is 1. The Morgan fingerprint density at radius 3 is 2.65 bits per heavy atom. The first-order valence-electron chi connectivity index (χ1n) is 9.69. The lowest BCUT2D eigenvalue weighted by Gasteiger charge is -2.28. The van der Waals surface area contributed by atoms with E-state index in [0.717, 1.165) is 11.1 Å². The Kier molecular flexibility index (Phi) is 6.15. The predicted octanol–water partition coefficient (Wildman–Crippen LogP) is 5.02. The molecule has 0 saturated heterocycles. The molecule has 0 radical (unpaired) electrons. The molecule has 1 unspecified atom stereocenters. The summed E-state index contributed by atoms with van der Waals surface area (Å²) in [6, 6.07) is 12.4. The van der Waals surface area contributed by atoms with Crippen LogP contribution in [-0.4, -0.2) is 27.3 Å². The Morgan fingerprint density at radius 2 is 1.94 bits per heavy atom. The first-order chi connectivity index (χ1) is 15.0. The number of hydrogen-bond donors (Lipinski definition) is 1. The molecule has 31 heavy (non-hydrogen) atoms. The van der Waals surface area contributed by atoms with E-state index in [1.165, 1.54) is 6.33 Å². The van der Waals surface area contributed by atoms with Crippen LogP contribution in [-0.2, 0) is 16.1 Å². The van der Waals surface area contributed by atoms with Gasteiger partial charge in [0.1, 0.15) is 24.7 Å². The van der Waals surface area contributed by atoms with E-state index in [9.17, 15) is 4.79 Å². The minimum atomic E-state index is -0.457. The summed E-state index contributed by atoms with van der Waals surface area (Å²) in [5.41, 5.74) is 2.94. The standard InChI is InChI=1S/C22H20Cl2N4O3/c1-3-30-21(29)19-13(2)27-22-25-12-26-28(22)20(19)15-5-7-16(8-6-15)31-11-14-4-9-17(23)18(24)10-14/h4-10,12,20H,3,11H2,1-2H3,(H,25,26,27). The van der Waals surface area contributed by atoms with Gasteiger partial charge in [-0.15, -0.1) is 0 Å². The summed E-state index contributed by atoms with van der Waals surface area (Å²) in [7, 11) is 0. The monoisotopic (exact) mass is 458 g/mol. The number of carbonyl (C=O) groups excluding carboxylic acids is 1. The van der Waals surface area contributed by atoms with Crippen molar-refractivity contribution in [2.45, 2.75) is 26.5 Å². The van der Waals surface area contributed by atoms with Gasteiger partial charge in [0.2, 0.25) is 5.95 Å². The fourth-order valence-electron chi connectivity index (χ4n) is 3.41. The number of benzene rings is 2. The maximum atomic E-state index is 12.7. The van der Waals surface area contributed by atoms with Crippen LogP contribution in [0.3, 0.4) is 0 Å². The van der Waals surface area contributed by atoms with E-state index in [4.69, 9.17) is 32.7 Å². The van der Waals surface area contributed by atoms with E-state index < -0.39 is 12.0 Å². The van der Waals surface area contributed by atoms with Gasteiger partial charge in [-0.25, -0.2) is 9.48 Å². The van der Waals surface area contributed by atoms with Gasteiger partial charge in [-0.3, -0.25) is 0 Å². The van der Waals surface area contributed by atoms with Gasteiger partial charge in [0, 0.05) is 5.70 Å². The lowest BCUT2D eigenvalue weighted by atomic mass is 9.96. The van der Waals surface area contributed by atoms with Crippen molar-refractivity contribution < 1.29 is 14.3 Å². The predicted molar refractivity (Wildman–Crippen MR) is 118 cm³/mol. The number of hydrogen-bond acceptors (Lipinski definition) is 6. The maximum absolute atomic E-state index is 12.7. The molecule has 2 heterocycles. The number of anilines is 1. The van der Waals surface area contributed by atoms with E-state index >= 15 is 0 Å². The molecule has 0 amide bonds. The van der Waals surface area contributed by atoms with Gasteiger partial charge in [0.25, 0.3) is 0 Å². The Balaban J connectivity index is 1.58. The van der Waals surface area contributed by atoms with Crippen molar-refractivity contribution in [1.29, 1.82) is 0 Å². The number of rotatable bonds is 6. The number of carbonyl (C=O) groups is 1. The lowest BCUT2D eigenvalue weighted by molar-refractivity contribution is -0.139. The number of fused-ring (bicyclic) bond motifs is 1. The molecule has 1 aromatic heterocycles. The first-order valence-corrected chi connectivity index (χ1v) is 10.4. The van der Waals surface area contributed by atoms with Gasteiger partial charge in [0.05, 0.1) is 22.2 Å². The fraction of sp³-hybridized carbons (Fsp3) is 0.227. The van der Waals surface area contributed by atoms with Crippen molar-refractivity contribution in [1.82, 2.24) is 14.8 Å². The molecule has 1 N–H and O–H groups in total. The smallest absolute Gasteiger partial charge is 0.338 e. The van der Waals surface area contributed by atoms with E-state index in [-0.39, 0.29) is 6.61 Å². The van der Waals surface area contributed by atoms with Crippen LogP contribution >= 0.6 is 23.2 Å². The topological polar surface area (TPSA) is 78.3 Å². The summed E-state index contributed by atoms with van der Waals surface area (Å²) in [5, 5.41) is 8.40. The number of nitrogens with one attached hydrogen (secondary N) is 1. The molecule has 9 heteroatoms. The number of halogens is 2. The highest BCUT2D eigenvalue weighted by molar-refractivity contribution is 6.42. The Hall–Kier alpha value is -3.03. The molecule has 3 aromatic rings. The number of aromatic nitrogens is 3. The first kappa shape index (κ1) is 21.2. The Morgan fingerprint density at radius 1 is 1.16 bits per heavy atom. The number of esters is 1. The van der Waals surface area contributed by atoms with E-state index in [1.807, 2.05) is 37.3 Å². The molecular formula is C22H20Cl2N4O3. The van der Waals surface area contributed by atoms with E-state index in [1.54, 1.807) is 23.7 Å². The minimum Gasteiger partial charge on any atom is -0.489 e. The molecule has 0 spiro atoms. The van der Waals surface area contributed by atoms with Crippen molar-refractivity contribution >= 4 is 35.1 Å². The zero-order chi connectivity index (χ0) is 22.0. The summed E-state index contributed by atoms with van der Waals surface area (Å²) in [5.74, 6) is 0.857. The van der Waals surface area contributed by atoms with Crippen LogP contribution in [0.1, 0.15) is 31.0 Å². The molecular weight excluding hydrogens is 439 g/mol. The van der Waals surface area contributed by atoms with Crippen LogP contribution in [0.5, 0.6) is 5.75 Å². The SMILES string of the molecule is CCOC(=O)C1=C(C)Nc2ncnn2C1c1ccc(OCc2ccc(Cl)c(Cl)c2)cc1. The second-order valence-corrected chi connectivity index (χ2v) is 7.74. The summed E-state index contributed by atoms with van der Waals surface area (Å²) in [6.07, 6.45) is 1.45. The Bertz CT molecular complexity index is 1140. The van der Waals surface area contributed by atoms with Crippen LogP contribution in [0.4, 0.5) is 5.95 Å². The molecule has 4 rings (SSSR count). The van der Waals surface area contributed by atoms with Gasteiger partial charge < -0.3 is 14.8 Å². The highest BCUT2D eigenvalue weighted by Crippen LogP contribution is 2.35. The highest BCUT2D eigenvalue weighted by Gasteiger charge is 2.34. The van der Waals surface area contributed by atoms with Crippen LogP contribution in [0.15, 0.2) is 60.1 Å². The third-order valence-electron chi connectivity index (χ3n) is 4.88. The second kappa shape index (κ2) is 8.99. The molecule has 0 aliphatic carbocycles. The number of ether oxygens (including phenoxy) is 2. The quantitative estimate of drug-likeness (QED) is 0.522. The van der Waals surface area contributed by atoms with Gasteiger partial charge in [-0.2, -0.15) is 10.1 Å². The van der Waals surface area contributed by atoms with E-state index in [2.05, 4.69) is 15.4 Å². The molecule has 2 aromatic carbocycles. The molecule has 0 saturated carbocycles. The second-order valence-electron chi connectivity index (χ2n) is 6.92. The third-order valence-corrected chi connectivity index (χ3v) is 5.61. The Labute approximate surface area is 189 Å². The van der Waals surface area contributed by atoms with Crippen LogP contribution in [0, 0.1) is 0 Å². The van der Waals surface area contributed by atoms with Crippen molar-refractivity contribution in [2.75, 3.05) is 11.9 Å². The van der Waals surface area contributed by atoms with Gasteiger partial charge >= 0.3 is 5.97 Å². The van der Waals surface area contributed by atoms with Crippen molar-refractivity contribution in [3.8, 4) is 5.75 Å². The largest absolute Gasteiger partial charge is 0.489 e. The minimum absolute atomic E-state index is 0.286. The van der Waals surface area contributed by atoms with Gasteiger partial charge in [-0.1, -0.05) is 41.4 Å². The molecule has 0 bridgehead atoms. The average molecular weight is 459 g/mol. The zero-order valence-electron chi connectivity index (χ0n) is 16.9. The average Bonchev–Trinajstić information content (AvgIpc) is 3.22. The summed E-state index contributed by atoms with van der Waals surface area (Å²) >= 11 is 12.0. The normalized spacial score (nSPS) is 15.3. The van der Waals surface area contributed by atoms with Gasteiger partial charge in [-0.05, 0) is 49.2 Å². The highest BCUT2D eigenvalue weighted by atomic mass is 35.5. The molecule has 1 aliphatic rings.